The van der Waals surface area contributed by atoms with Crippen LogP contribution in [0.15, 0.2) is 59.7 Å². The zero-order valence-corrected chi connectivity index (χ0v) is 21.1. The lowest BCUT2D eigenvalue weighted by molar-refractivity contribution is -0.123. The molecule has 0 fully saturated rings. The summed E-state index contributed by atoms with van der Waals surface area (Å²) in [5.41, 5.74) is 7.52. The van der Waals surface area contributed by atoms with Crippen LogP contribution in [-0.4, -0.2) is 30.3 Å². The minimum Gasteiger partial charge on any atom is -0.483 e. The number of rotatable bonds is 6. The van der Waals surface area contributed by atoms with Crippen LogP contribution < -0.4 is 15.1 Å². The molecule has 5 nitrogen and oxygen atoms in total. The van der Waals surface area contributed by atoms with Gasteiger partial charge >= 0.3 is 0 Å². The zero-order valence-electron chi connectivity index (χ0n) is 21.1. The number of anilines is 1. The average Bonchev–Trinajstić information content (AvgIpc) is 2.77. The number of nitrogens with zero attached hydrogens (tertiary/aromatic N) is 2. The highest BCUT2D eigenvalue weighted by Gasteiger charge is 2.37. The summed E-state index contributed by atoms with van der Waals surface area (Å²) < 4.78 is 5.76. The van der Waals surface area contributed by atoms with Gasteiger partial charge in [0, 0.05) is 22.7 Å². The van der Waals surface area contributed by atoms with Crippen LogP contribution >= 0.6 is 0 Å². The maximum absolute atomic E-state index is 12.3. The summed E-state index contributed by atoms with van der Waals surface area (Å²) >= 11 is 0. The van der Waals surface area contributed by atoms with Crippen molar-refractivity contribution in [2.75, 3.05) is 11.5 Å². The second-order valence-corrected chi connectivity index (χ2v) is 10.2. The molecule has 0 radical (unpaired) electrons. The Morgan fingerprint density at radius 1 is 1.21 bits per heavy atom. The van der Waals surface area contributed by atoms with Gasteiger partial charge in [-0.3, -0.25) is 4.79 Å². The SMILES string of the molecule is Cc1cc2c(cc1/C=N\NC(=O)COc1cccc3ccccc13)C(C)CC(C)(C)N2C(C)C. The third kappa shape index (κ3) is 4.79. The first kappa shape index (κ1) is 23.8. The lowest BCUT2D eigenvalue weighted by Crippen LogP contribution is -2.51. The van der Waals surface area contributed by atoms with E-state index in [4.69, 9.17) is 4.74 Å². The van der Waals surface area contributed by atoms with Crippen LogP contribution in [0.2, 0.25) is 0 Å². The molecule has 0 spiro atoms. The molecule has 0 aromatic heterocycles. The minimum atomic E-state index is -0.291. The summed E-state index contributed by atoms with van der Waals surface area (Å²) in [6.07, 6.45) is 2.83. The van der Waals surface area contributed by atoms with E-state index in [9.17, 15) is 4.79 Å². The van der Waals surface area contributed by atoms with E-state index in [-0.39, 0.29) is 18.1 Å². The summed E-state index contributed by atoms with van der Waals surface area (Å²) in [4.78, 5) is 14.9. The van der Waals surface area contributed by atoms with E-state index in [1.165, 1.54) is 11.3 Å². The van der Waals surface area contributed by atoms with Gasteiger partial charge < -0.3 is 9.64 Å². The molecule has 1 atom stereocenters. The Morgan fingerprint density at radius 3 is 2.71 bits per heavy atom. The van der Waals surface area contributed by atoms with Crippen molar-refractivity contribution in [1.82, 2.24) is 5.43 Å². The van der Waals surface area contributed by atoms with Crippen molar-refractivity contribution in [3.05, 3.63) is 71.3 Å². The van der Waals surface area contributed by atoms with Crippen molar-refractivity contribution in [2.45, 2.75) is 65.5 Å². The van der Waals surface area contributed by atoms with Crippen LogP contribution in [0.5, 0.6) is 5.75 Å². The minimum absolute atomic E-state index is 0.0933. The molecule has 1 N–H and O–H groups in total. The fraction of sp³-hybridized carbons (Fsp3) is 0.379. The molecule has 1 amide bonds. The molecule has 3 aromatic carbocycles. The number of aryl methyl sites for hydroxylation is 1. The van der Waals surface area contributed by atoms with Gasteiger partial charge in [0.15, 0.2) is 6.61 Å². The van der Waals surface area contributed by atoms with Crippen molar-refractivity contribution >= 4 is 28.6 Å². The predicted octanol–water partition coefficient (Wildman–Crippen LogP) is 6.18. The molecule has 1 unspecified atom stereocenters. The standard InChI is InChI=1S/C29H35N3O2/c1-19(2)32-26-14-20(3)23(15-25(26)21(4)16-29(32,5)6)17-30-31-28(33)18-34-27-13-9-11-22-10-7-8-12-24(22)27/h7-15,17,19,21H,16,18H2,1-6H3,(H,31,33)/b30-17-. The molecule has 1 aliphatic heterocycles. The van der Waals surface area contributed by atoms with Crippen LogP contribution in [0.4, 0.5) is 5.69 Å². The van der Waals surface area contributed by atoms with Gasteiger partial charge in [0.2, 0.25) is 0 Å². The van der Waals surface area contributed by atoms with Gasteiger partial charge in [-0.2, -0.15) is 5.10 Å². The van der Waals surface area contributed by atoms with Gasteiger partial charge in [-0.1, -0.05) is 43.3 Å². The molecule has 34 heavy (non-hydrogen) atoms. The smallest absolute Gasteiger partial charge is 0.277 e. The van der Waals surface area contributed by atoms with Crippen LogP contribution in [0, 0.1) is 6.92 Å². The van der Waals surface area contributed by atoms with E-state index < -0.39 is 0 Å². The third-order valence-electron chi connectivity index (χ3n) is 6.68. The molecule has 0 aliphatic carbocycles. The van der Waals surface area contributed by atoms with Gasteiger partial charge in [-0.15, -0.1) is 0 Å². The molecular formula is C29H35N3O2. The van der Waals surface area contributed by atoms with E-state index in [1.54, 1.807) is 6.21 Å². The molecule has 4 rings (SSSR count). The van der Waals surface area contributed by atoms with Crippen LogP contribution in [0.3, 0.4) is 0 Å². The van der Waals surface area contributed by atoms with Crippen molar-refractivity contribution in [2.24, 2.45) is 5.10 Å². The van der Waals surface area contributed by atoms with Gasteiger partial charge in [0.1, 0.15) is 5.75 Å². The normalized spacial score (nSPS) is 17.3. The van der Waals surface area contributed by atoms with Crippen LogP contribution in [0.1, 0.15) is 63.6 Å². The molecular weight excluding hydrogens is 422 g/mol. The van der Waals surface area contributed by atoms with Crippen molar-refractivity contribution in [3.63, 3.8) is 0 Å². The van der Waals surface area contributed by atoms with Crippen LogP contribution in [-0.2, 0) is 4.79 Å². The summed E-state index contributed by atoms with van der Waals surface area (Å²) in [5, 5.41) is 6.28. The third-order valence-corrected chi connectivity index (χ3v) is 6.68. The van der Waals surface area contributed by atoms with E-state index >= 15 is 0 Å². The lowest BCUT2D eigenvalue weighted by atomic mass is 9.78. The summed E-state index contributed by atoms with van der Waals surface area (Å²) in [6, 6.07) is 18.7. The highest BCUT2D eigenvalue weighted by atomic mass is 16.5. The lowest BCUT2D eigenvalue weighted by Gasteiger charge is -2.50. The van der Waals surface area contributed by atoms with Crippen molar-refractivity contribution in [3.8, 4) is 5.75 Å². The Hall–Kier alpha value is -3.34. The van der Waals surface area contributed by atoms with Gasteiger partial charge in [0.05, 0.1) is 6.21 Å². The van der Waals surface area contributed by atoms with E-state index in [0.717, 1.165) is 28.3 Å². The largest absolute Gasteiger partial charge is 0.483 e. The number of carbonyl (C=O) groups excluding carboxylic acids is 1. The second kappa shape index (κ2) is 9.49. The van der Waals surface area contributed by atoms with E-state index in [0.29, 0.717) is 17.7 Å². The first-order valence-electron chi connectivity index (χ1n) is 12.0. The number of hydrogen-bond donors (Lipinski definition) is 1. The van der Waals surface area contributed by atoms with E-state index in [1.807, 2.05) is 42.5 Å². The first-order chi connectivity index (χ1) is 16.2. The number of hydrazone groups is 1. The van der Waals surface area contributed by atoms with Gasteiger partial charge in [0.25, 0.3) is 5.91 Å². The molecule has 1 heterocycles. The number of carbonyl (C=O) groups is 1. The zero-order chi connectivity index (χ0) is 24.5. The summed E-state index contributed by atoms with van der Waals surface area (Å²) in [6.45, 7) is 13.5. The maximum atomic E-state index is 12.3. The number of amides is 1. The molecule has 1 aliphatic rings. The van der Waals surface area contributed by atoms with Crippen molar-refractivity contribution in [1.29, 1.82) is 0 Å². The van der Waals surface area contributed by atoms with Crippen molar-refractivity contribution < 1.29 is 9.53 Å². The summed E-state index contributed by atoms with van der Waals surface area (Å²) in [7, 11) is 0. The van der Waals surface area contributed by atoms with Crippen LogP contribution in [0.25, 0.3) is 10.8 Å². The maximum Gasteiger partial charge on any atom is 0.277 e. The highest BCUT2D eigenvalue weighted by Crippen LogP contribution is 2.45. The Labute approximate surface area is 202 Å². The topological polar surface area (TPSA) is 53.9 Å². The Kier molecular flexibility index (Phi) is 6.65. The number of fused-ring (bicyclic) bond motifs is 2. The number of hydrogen-bond acceptors (Lipinski definition) is 4. The molecule has 3 aromatic rings. The van der Waals surface area contributed by atoms with Gasteiger partial charge in [-0.25, -0.2) is 5.43 Å². The Bertz CT molecular complexity index is 1220. The number of ether oxygens (including phenoxy) is 1. The fourth-order valence-electron chi connectivity index (χ4n) is 5.40. The number of benzene rings is 3. The van der Waals surface area contributed by atoms with Gasteiger partial charge in [-0.05, 0) is 87.2 Å². The summed E-state index contributed by atoms with van der Waals surface area (Å²) in [5.74, 6) is 0.853. The average molecular weight is 458 g/mol. The Balaban J connectivity index is 1.45. The Morgan fingerprint density at radius 2 is 1.94 bits per heavy atom. The predicted molar refractivity (Wildman–Crippen MR) is 141 cm³/mol. The molecule has 0 saturated heterocycles. The first-order valence-corrected chi connectivity index (χ1v) is 12.0. The monoisotopic (exact) mass is 457 g/mol. The second-order valence-electron chi connectivity index (χ2n) is 10.2. The molecule has 0 bridgehead atoms. The highest BCUT2D eigenvalue weighted by molar-refractivity contribution is 5.89. The molecule has 0 saturated carbocycles. The molecule has 5 heteroatoms. The van der Waals surface area contributed by atoms with E-state index in [2.05, 4.69) is 69.1 Å². The quantitative estimate of drug-likeness (QED) is 0.355. The fourth-order valence-corrected chi connectivity index (χ4v) is 5.40. The molecule has 178 valence electrons. The number of nitrogens with one attached hydrogen (secondary N) is 1.